The minimum Gasteiger partial charge on any atom is -0.482 e. The highest BCUT2D eigenvalue weighted by atomic mass is 32.1. The van der Waals surface area contributed by atoms with E-state index >= 15 is 0 Å². The summed E-state index contributed by atoms with van der Waals surface area (Å²) in [4.78, 5) is 47.0. The Morgan fingerprint density at radius 2 is 2.12 bits per heavy atom. The summed E-state index contributed by atoms with van der Waals surface area (Å²) in [7, 11) is 0. The molecule has 0 saturated heterocycles. The second kappa shape index (κ2) is 8.02. The number of carbonyl (C=O) groups is 2. The van der Waals surface area contributed by atoms with Crippen molar-refractivity contribution in [2.24, 2.45) is 0 Å². The van der Waals surface area contributed by atoms with Gasteiger partial charge < -0.3 is 9.64 Å². The van der Waals surface area contributed by atoms with Crippen molar-refractivity contribution < 1.29 is 14.3 Å². The highest BCUT2D eigenvalue weighted by Crippen LogP contribution is 2.35. The van der Waals surface area contributed by atoms with Crippen LogP contribution >= 0.6 is 11.3 Å². The molecule has 3 aromatic rings. The summed E-state index contributed by atoms with van der Waals surface area (Å²) in [6.45, 7) is 5.69. The zero-order chi connectivity index (χ0) is 22.4. The number of carbonyl (C=O) groups excluding carboxylic acids is 2. The normalized spacial score (nSPS) is 16.3. The standard InChI is InChI=1S/C24H23N3O4S/c1-3-10-26-17-11-15(8-9-18(17)31-12-20(26)28)22(29)14(2)27-13-25-23-21(24(27)30)16-6-4-5-7-19(16)32-23/h3,8-9,11,13-14H,1,4-7,10,12H2,2H3. The van der Waals surface area contributed by atoms with E-state index in [1.807, 2.05) is 0 Å². The van der Waals surface area contributed by atoms with Gasteiger partial charge in [-0.2, -0.15) is 0 Å². The number of anilines is 1. The van der Waals surface area contributed by atoms with Crippen LogP contribution in [-0.2, 0) is 17.6 Å². The van der Waals surface area contributed by atoms with Crippen LogP contribution in [0.4, 0.5) is 5.69 Å². The van der Waals surface area contributed by atoms with Crippen LogP contribution in [0.5, 0.6) is 5.75 Å². The van der Waals surface area contributed by atoms with Gasteiger partial charge >= 0.3 is 0 Å². The molecule has 1 aliphatic heterocycles. The first-order chi connectivity index (χ1) is 15.5. The quantitative estimate of drug-likeness (QED) is 0.438. The monoisotopic (exact) mass is 449 g/mol. The fourth-order valence-corrected chi connectivity index (χ4v) is 5.71. The summed E-state index contributed by atoms with van der Waals surface area (Å²) in [5, 5.41) is 0.661. The Kier molecular flexibility index (Phi) is 5.17. The Morgan fingerprint density at radius 1 is 1.31 bits per heavy atom. The molecule has 7 nitrogen and oxygen atoms in total. The van der Waals surface area contributed by atoms with E-state index in [1.54, 1.807) is 47.4 Å². The van der Waals surface area contributed by atoms with Crippen molar-refractivity contribution in [1.29, 1.82) is 0 Å². The van der Waals surface area contributed by atoms with Crippen molar-refractivity contribution >= 4 is 38.9 Å². The van der Waals surface area contributed by atoms with E-state index in [4.69, 9.17) is 4.74 Å². The van der Waals surface area contributed by atoms with Gasteiger partial charge in [-0.1, -0.05) is 6.08 Å². The number of aromatic nitrogens is 2. The first-order valence-corrected chi connectivity index (χ1v) is 11.5. The third kappa shape index (κ3) is 3.26. The lowest BCUT2D eigenvalue weighted by atomic mass is 9.97. The van der Waals surface area contributed by atoms with E-state index in [0.717, 1.165) is 36.1 Å². The van der Waals surface area contributed by atoms with Gasteiger partial charge in [0.25, 0.3) is 11.5 Å². The maximum atomic E-state index is 13.3. The van der Waals surface area contributed by atoms with E-state index in [-0.39, 0.29) is 23.9 Å². The summed E-state index contributed by atoms with van der Waals surface area (Å²) < 4.78 is 6.93. The van der Waals surface area contributed by atoms with Gasteiger partial charge in [0.2, 0.25) is 0 Å². The number of thiophene rings is 1. The Balaban J connectivity index is 1.52. The molecule has 0 bridgehead atoms. The van der Waals surface area contributed by atoms with E-state index in [1.165, 1.54) is 15.8 Å². The number of Topliss-reactive ketones (excluding diaryl/α,β-unsaturated/α-hetero) is 1. The summed E-state index contributed by atoms with van der Waals surface area (Å²) >= 11 is 1.59. The van der Waals surface area contributed by atoms with Gasteiger partial charge in [0.05, 0.1) is 23.4 Å². The van der Waals surface area contributed by atoms with Crippen LogP contribution in [0.15, 0.2) is 42.0 Å². The Bertz CT molecular complexity index is 1320. The van der Waals surface area contributed by atoms with Crippen LogP contribution in [0.25, 0.3) is 10.2 Å². The lowest BCUT2D eigenvalue weighted by Gasteiger charge is -2.29. The molecule has 0 radical (unpaired) electrons. The van der Waals surface area contributed by atoms with E-state index in [9.17, 15) is 14.4 Å². The molecule has 0 saturated carbocycles. The van der Waals surface area contributed by atoms with Gasteiger partial charge in [-0.25, -0.2) is 4.98 Å². The number of ether oxygens (including phenoxy) is 1. The second-order valence-corrected chi connectivity index (χ2v) is 9.24. The van der Waals surface area contributed by atoms with Gasteiger partial charge in [-0.3, -0.25) is 19.0 Å². The van der Waals surface area contributed by atoms with E-state index < -0.39 is 6.04 Å². The first kappa shape index (κ1) is 20.6. The van der Waals surface area contributed by atoms with Crippen LogP contribution in [-0.4, -0.2) is 34.4 Å². The molecule has 0 N–H and O–H groups in total. The molecule has 1 aromatic carbocycles. The second-order valence-electron chi connectivity index (χ2n) is 8.15. The van der Waals surface area contributed by atoms with Gasteiger partial charge in [0.1, 0.15) is 10.6 Å². The molecule has 164 valence electrons. The number of fused-ring (bicyclic) bond motifs is 4. The molecule has 0 spiro atoms. The molecule has 5 rings (SSSR count). The maximum absolute atomic E-state index is 13.3. The van der Waals surface area contributed by atoms with Crippen LogP contribution in [0.3, 0.4) is 0 Å². The van der Waals surface area contributed by atoms with Gasteiger partial charge in [0, 0.05) is 17.0 Å². The number of hydrogen-bond acceptors (Lipinski definition) is 6. The SMILES string of the molecule is C=CCN1C(=O)COc2ccc(C(=O)C(C)n3cnc4sc5c(c4c3=O)CCCC5)cc21. The van der Waals surface area contributed by atoms with Gasteiger partial charge in [-0.15, -0.1) is 17.9 Å². The number of aryl methyl sites for hydroxylation is 2. The lowest BCUT2D eigenvalue weighted by molar-refractivity contribution is -0.121. The van der Waals surface area contributed by atoms with Gasteiger partial charge in [0.15, 0.2) is 12.4 Å². The molecule has 1 atom stereocenters. The van der Waals surface area contributed by atoms with Crippen molar-refractivity contribution in [3.8, 4) is 5.75 Å². The molecule has 1 aliphatic carbocycles. The summed E-state index contributed by atoms with van der Waals surface area (Å²) in [5.74, 6) is 0.126. The van der Waals surface area contributed by atoms with E-state index in [0.29, 0.717) is 28.9 Å². The average Bonchev–Trinajstić information content (AvgIpc) is 3.19. The van der Waals surface area contributed by atoms with Crippen LogP contribution in [0.2, 0.25) is 0 Å². The molecule has 2 aliphatic rings. The van der Waals surface area contributed by atoms with Gasteiger partial charge in [-0.05, 0) is 56.4 Å². The summed E-state index contributed by atoms with van der Waals surface area (Å²) in [5.41, 5.74) is 1.88. The fraction of sp³-hybridized carbons (Fsp3) is 0.333. The number of rotatable bonds is 5. The topological polar surface area (TPSA) is 81.5 Å². The van der Waals surface area contributed by atoms with Crippen molar-refractivity contribution in [2.75, 3.05) is 18.1 Å². The molecule has 32 heavy (non-hydrogen) atoms. The molecule has 1 unspecified atom stereocenters. The largest absolute Gasteiger partial charge is 0.482 e. The molecule has 3 heterocycles. The minimum absolute atomic E-state index is 0.0451. The number of nitrogens with zero attached hydrogens (tertiary/aromatic N) is 3. The predicted octanol–water partition coefficient (Wildman–Crippen LogP) is 3.69. The Labute approximate surface area is 188 Å². The molecular formula is C24H23N3O4S. The lowest BCUT2D eigenvalue weighted by Crippen LogP contribution is -2.39. The van der Waals surface area contributed by atoms with Crippen LogP contribution < -0.4 is 15.2 Å². The van der Waals surface area contributed by atoms with Crippen molar-refractivity contribution in [3.63, 3.8) is 0 Å². The van der Waals surface area contributed by atoms with Crippen LogP contribution in [0.1, 0.15) is 46.6 Å². The zero-order valence-corrected chi connectivity index (χ0v) is 18.6. The fourth-order valence-electron chi connectivity index (χ4n) is 4.49. The highest BCUT2D eigenvalue weighted by molar-refractivity contribution is 7.18. The van der Waals surface area contributed by atoms with Crippen molar-refractivity contribution in [2.45, 2.75) is 38.6 Å². The highest BCUT2D eigenvalue weighted by Gasteiger charge is 2.28. The molecule has 1 amide bonds. The van der Waals surface area contributed by atoms with Crippen molar-refractivity contribution in [3.05, 3.63) is 63.5 Å². The molecular weight excluding hydrogens is 426 g/mol. The Hall–Kier alpha value is -3.26. The number of ketones is 1. The zero-order valence-electron chi connectivity index (χ0n) is 17.8. The predicted molar refractivity (Wildman–Crippen MR) is 124 cm³/mol. The first-order valence-electron chi connectivity index (χ1n) is 10.7. The van der Waals surface area contributed by atoms with Crippen LogP contribution in [0, 0.1) is 0 Å². The number of benzene rings is 1. The maximum Gasteiger partial charge on any atom is 0.265 e. The molecule has 8 heteroatoms. The van der Waals surface area contributed by atoms with Crippen molar-refractivity contribution in [1.82, 2.24) is 9.55 Å². The molecule has 0 fully saturated rings. The smallest absolute Gasteiger partial charge is 0.265 e. The molecule has 2 aromatic heterocycles. The summed E-state index contributed by atoms with van der Waals surface area (Å²) in [6.07, 6.45) is 7.18. The third-order valence-electron chi connectivity index (χ3n) is 6.20. The summed E-state index contributed by atoms with van der Waals surface area (Å²) in [6, 6.07) is 4.28. The average molecular weight is 450 g/mol. The van der Waals surface area contributed by atoms with E-state index in [2.05, 4.69) is 11.6 Å². The number of amides is 1. The third-order valence-corrected chi connectivity index (χ3v) is 7.40. The number of hydrogen-bond donors (Lipinski definition) is 0. The Morgan fingerprint density at radius 3 is 2.94 bits per heavy atom. The minimum atomic E-state index is -0.732.